The molecule has 4 rings (SSSR count). The second-order valence-electron chi connectivity index (χ2n) is 9.62. The Hall–Kier alpha value is -3.99. The van der Waals surface area contributed by atoms with Crippen molar-refractivity contribution in [2.75, 3.05) is 31.3 Å². The molecule has 0 saturated carbocycles. The highest BCUT2D eigenvalue weighted by Crippen LogP contribution is 2.29. The van der Waals surface area contributed by atoms with Crippen molar-refractivity contribution in [2.45, 2.75) is 6.54 Å². The van der Waals surface area contributed by atoms with E-state index in [0.717, 1.165) is 4.47 Å². The number of hydrogen-bond acceptors (Lipinski definition) is 9. The Balaban J connectivity index is 0.00000484. The number of aromatic nitrogens is 5. The summed E-state index contributed by atoms with van der Waals surface area (Å²) in [6, 6.07) is 7.05. The number of hydrogen-bond donors (Lipinski definition) is 3. The normalized spacial score (nSPS) is 11.4. The number of nitrogens with one attached hydrogen (secondary N) is 2. The van der Waals surface area contributed by atoms with Gasteiger partial charge in [-0.3, -0.25) is 14.2 Å². The van der Waals surface area contributed by atoms with E-state index in [1.165, 1.54) is 30.2 Å². The molecule has 17 heteroatoms. The van der Waals surface area contributed by atoms with E-state index < -0.39 is 22.6 Å². The van der Waals surface area contributed by atoms with Crippen molar-refractivity contribution in [1.82, 2.24) is 24.5 Å². The predicted octanol–water partition coefficient (Wildman–Crippen LogP) is 0.700. The van der Waals surface area contributed by atoms with Crippen molar-refractivity contribution in [1.29, 1.82) is 0 Å². The lowest BCUT2D eigenvalue weighted by molar-refractivity contribution is -0.898. The van der Waals surface area contributed by atoms with Crippen molar-refractivity contribution in [3.05, 3.63) is 80.1 Å². The summed E-state index contributed by atoms with van der Waals surface area (Å²) in [6.45, 7) is 0.495. The number of pyridine rings is 1. The minimum atomic E-state index is -0.863. The Kier molecular flexibility index (Phi) is 10.3. The second kappa shape index (κ2) is 13.3. The first kappa shape index (κ1) is 32.5. The average molecular weight is 725 g/mol. The third-order valence-electron chi connectivity index (χ3n) is 5.99. The number of benzene rings is 1. The van der Waals surface area contributed by atoms with Gasteiger partial charge in [-0.2, -0.15) is 0 Å². The quantitative estimate of drug-likeness (QED) is 0.0918. The SMILES string of the molecule is Cn1c(C(N)=O)nc([N+](=O)[O-])c1C[N+](C)(C)C/C=C/C(=O)Nc1cc2c(Nc3ccc(Br)c(Cl)c3)ncnc2cn1.[Br-]. The van der Waals surface area contributed by atoms with E-state index >= 15 is 0 Å². The van der Waals surface area contributed by atoms with Gasteiger partial charge in [-0.1, -0.05) is 11.6 Å². The molecule has 0 fully saturated rings. The number of imidazole rings is 1. The molecular formula is C25H25Br2ClN10O4. The van der Waals surface area contributed by atoms with Crippen LogP contribution >= 0.6 is 27.5 Å². The first-order chi connectivity index (χ1) is 19.3. The molecule has 2 amide bonds. The average Bonchev–Trinajstić information content (AvgIpc) is 3.22. The topological polar surface area (TPSA) is 184 Å². The van der Waals surface area contributed by atoms with E-state index in [4.69, 9.17) is 17.3 Å². The van der Waals surface area contributed by atoms with E-state index in [-0.39, 0.29) is 45.3 Å². The maximum atomic E-state index is 12.6. The highest BCUT2D eigenvalue weighted by Gasteiger charge is 2.32. The third-order valence-corrected chi connectivity index (χ3v) is 7.22. The summed E-state index contributed by atoms with van der Waals surface area (Å²) in [5.74, 6) is -1.13. The molecule has 4 N–H and O–H groups in total. The standard InChI is InChI=1S/C25H24BrClN10O4.BrH/c1-35-19(24(36(40)41)34-25(35)22(28)39)12-37(2,3)8-4-5-21(38)33-20-10-15-18(11-29-20)30-13-31-23(15)32-14-6-7-16(26)17(27)9-14;/h4-7,9-11,13H,8,12H2,1-3H3,(H3-,28,29,30,31,32,33,34,38,39);1H/b5-4+;. The molecule has 3 aromatic heterocycles. The molecule has 0 aliphatic carbocycles. The highest BCUT2D eigenvalue weighted by molar-refractivity contribution is 9.10. The maximum Gasteiger partial charge on any atom is 0.391 e. The molecule has 0 radical (unpaired) electrons. The summed E-state index contributed by atoms with van der Waals surface area (Å²) in [5, 5.41) is 18.6. The van der Waals surface area contributed by atoms with Crippen LogP contribution in [0.3, 0.4) is 0 Å². The van der Waals surface area contributed by atoms with Crippen molar-refractivity contribution in [2.24, 2.45) is 12.8 Å². The lowest BCUT2D eigenvalue weighted by atomic mass is 10.2. The van der Waals surface area contributed by atoms with Crippen molar-refractivity contribution >= 4 is 73.4 Å². The van der Waals surface area contributed by atoms with Gasteiger partial charge in [0.2, 0.25) is 5.91 Å². The molecule has 0 aliphatic rings. The number of carbonyl (C=O) groups excluding carboxylic acids is 2. The van der Waals surface area contributed by atoms with Gasteiger partial charge in [0.05, 0.1) is 37.4 Å². The van der Waals surface area contributed by atoms with E-state index in [0.29, 0.717) is 34.0 Å². The van der Waals surface area contributed by atoms with Crippen LogP contribution in [0.15, 0.2) is 53.4 Å². The lowest BCUT2D eigenvalue weighted by Crippen LogP contribution is -3.00. The Morgan fingerprint density at radius 3 is 2.64 bits per heavy atom. The predicted molar refractivity (Wildman–Crippen MR) is 157 cm³/mol. The number of fused-ring (bicyclic) bond motifs is 1. The molecule has 0 bridgehead atoms. The number of quaternary nitrogens is 1. The van der Waals surface area contributed by atoms with Gasteiger partial charge in [0.25, 0.3) is 0 Å². The molecule has 0 aliphatic heterocycles. The minimum Gasteiger partial charge on any atom is -1.00 e. The van der Waals surface area contributed by atoms with Gasteiger partial charge in [-0.05, 0) is 56.2 Å². The fourth-order valence-electron chi connectivity index (χ4n) is 3.98. The van der Waals surface area contributed by atoms with Crippen molar-refractivity contribution in [3.8, 4) is 0 Å². The summed E-state index contributed by atoms with van der Waals surface area (Å²) >= 11 is 9.56. The largest absolute Gasteiger partial charge is 1.00 e. The van der Waals surface area contributed by atoms with E-state index in [1.54, 1.807) is 18.2 Å². The summed E-state index contributed by atoms with van der Waals surface area (Å²) in [4.78, 5) is 51.6. The number of likely N-dealkylation sites (N-methyl/N-ethyl adjacent to an activating group) is 1. The summed E-state index contributed by atoms with van der Waals surface area (Å²) in [6.07, 6.45) is 5.92. The maximum absolute atomic E-state index is 12.6. The van der Waals surface area contributed by atoms with Crippen LogP contribution in [0.5, 0.6) is 0 Å². The summed E-state index contributed by atoms with van der Waals surface area (Å²) < 4.78 is 2.31. The molecule has 0 atom stereocenters. The molecule has 14 nitrogen and oxygen atoms in total. The van der Waals surface area contributed by atoms with Gasteiger partial charge >= 0.3 is 17.5 Å². The van der Waals surface area contributed by atoms with Gasteiger partial charge in [-0.15, -0.1) is 0 Å². The fourth-order valence-corrected chi connectivity index (χ4v) is 4.41. The molecule has 3 heterocycles. The number of primary amides is 1. The zero-order valence-corrected chi connectivity index (χ0v) is 26.4. The molecule has 4 aromatic rings. The van der Waals surface area contributed by atoms with Crippen LogP contribution in [-0.2, 0) is 18.4 Å². The monoisotopic (exact) mass is 722 g/mol. The third kappa shape index (κ3) is 7.64. The van der Waals surface area contributed by atoms with Gasteiger partial charge in [-0.25, -0.2) is 15.0 Å². The van der Waals surface area contributed by atoms with Crippen LogP contribution in [0, 0.1) is 10.1 Å². The number of nitrogens with zero attached hydrogens (tertiary/aromatic N) is 7. The van der Waals surface area contributed by atoms with Gasteiger partial charge in [0, 0.05) is 28.7 Å². The van der Waals surface area contributed by atoms with Crippen LogP contribution in [0.1, 0.15) is 16.3 Å². The second-order valence-corrected chi connectivity index (χ2v) is 10.9. The summed E-state index contributed by atoms with van der Waals surface area (Å²) in [5.41, 5.74) is 6.82. The Labute approximate surface area is 263 Å². The van der Waals surface area contributed by atoms with Crippen LogP contribution in [-0.4, -0.2) is 66.4 Å². The van der Waals surface area contributed by atoms with E-state index in [9.17, 15) is 19.7 Å². The lowest BCUT2D eigenvalue weighted by Gasteiger charge is -2.28. The first-order valence-electron chi connectivity index (χ1n) is 12.0. The number of amides is 2. The zero-order chi connectivity index (χ0) is 29.9. The Morgan fingerprint density at radius 2 is 1.98 bits per heavy atom. The minimum absolute atomic E-state index is 0. The van der Waals surface area contributed by atoms with Gasteiger partial charge in [0.15, 0.2) is 5.69 Å². The number of nitro groups is 1. The van der Waals surface area contributed by atoms with Gasteiger partial charge < -0.3 is 47.9 Å². The van der Waals surface area contributed by atoms with Crippen LogP contribution in [0.4, 0.5) is 23.1 Å². The van der Waals surface area contributed by atoms with Crippen LogP contribution in [0.25, 0.3) is 10.9 Å². The molecule has 220 valence electrons. The molecular weight excluding hydrogens is 700 g/mol. The first-order valence-corrected chi connectivity index (χ1v) is 13.1. The number of nitrogens with two attached hydrogens (primary N) is 1. The van der Waals surface area contributed by atoms with Crippen molar-refractivity contribution in [3.63, 3.8) is 0 Å². The van der Waals surface area contributed by atoms with E-state index in [1.807, 2.05) is 26.2 Å². The molecule has 0 spiro atoms. The molecule has 0 unspecified atom stereocenters. The van der Waals surface area contributed by atoms with Gasteiger partial charge in [0.1, 0.15) is 24.5 Å². The fraction of sp³-hybridized carbons (Fsp3) is 0.200. The Bertz CT molecular complexity index is 1710. The van der Waals surface area contributed by atoms with E-state index in [2.05, 4.69) is 46.5 Å². The molecule has 0 saturated heterocycles. The smallest absolute Gasteiger partial charge is 0.391 e. The Morgan fingerprint density at radius 1 is 1.24 bits per heavy atom. The van der Waals surface area contributed by atoms with Crippen LogP contribution in [0.2, 0.25) is 5.02 Å². The zero-order valence-electron chi connectivity index (χ0n) is 22.5. The summed E-state index contributed by atoms with van der Waals surface area (Å²) in [7, 11) is 5.14. The number of rotatable bonds is 10. The number of halogens is 3. The van der Waals surface area contributed by atoms with Crippen LogP contribution < -0.4 is 33.3 Å². The van der Waals surface area contributed by atoms with Crippen molar-refractivity contribution < 1.29 is 36.0 Å². The molecule has 42 heavy (non-hydrogen) atoms. The number of anilines is 3. The highest BCUT2D eigenvalue weighted by atomic mass is 79.9. The number of carbonyl (C=O) groups is 2. The molecule has 1 aromatic carbocycles.